The van der Waals surface area contributed by atoms with Crippen LogP contribution in [0.2, 0.25) is 0 Å². The maximum absolute atomic E-state index is 5.78. The first-order chi connectivity index (χ1) is 8.24. The molecule has 0 aliphatic heterocycles. The summed E-state index contributed by atoms with van der Waals surface area (Å²) in [4.78, 5) is 0. The summed E-state index contributed by atoms with van der Waals surface area (Å²) in [5, 5.41) is 6.60. The third kappa shape index (κ3) is 5.59. The third-order valence-electron chi connectivity index (χ3n) is 2.95. The Kier molecular flexibility index (Phi) is 6.48. The van der Waals surface area contributed by atoms with Crippen LogP contribution in [0.1, 0.15) is 31.2 Å². The lowest BCUT2D eigenvalue weighted by atomic mass is 10.1. The molecule has 0 amide bonds. The molecule has 3 nitrogen and oxygen atoms in total. The van der Waals surface area contributed by atoms with Crippen molar-refractivity contribution in [3.8, 4) is 0 Å². The Labute approximate surface area is 105 Å². The van der Waals surface area contributed by atoms with Crippen molar-refractivity contribution in [2.24, 2.45) is 0 Å². The van der Waals surface area contributed by atoms with Crippen LogP contribution < -0.4 is 16.4 Å². The van der Waals surface area contributed by atoms with E-state index in [1.54, 1.807) is 0 Å². The predicted octanol–water partition coefficient (Wildman–Crippen LogP) is 2.77. The first-order valence-corrected chi connectivity index (χ1v) is 6.48. The summed E-state index contributed by atoms with van der Waals surface area (Å²) in [6.07, 6.45) is 5.11. The number of hydrogen-bond acceptors (Lipinski definition) is 3. The molecule has 0 fully saturated rings. The minimum atomic E-state index is 0.864. The molecule has 0 saturated carbocycles. The summed E-state index contributed by atoms with van der Waals surface area (Å²) < 4.78 is 0. The van der Waals surface area contributed by atoms with Crippen LogP contribution in [0.5, 0.6) is 0 Å². The largest absolute Gasteiger partial charge is 0.399 e. The van der Waals surface area contributed by atoms with Crippen LogP contribution in [0.25, 0.3) is 0 Å². The Morgan fingerprint density at radius 2 is 1.76 bits per heavy atom. The van der Waals surface area contributed by atoms with E-state index in [0.717, 1.165) is 24.3 Å². The van der Waals surface area contributed by atoms with Crippen molar-refractivity contribution in [3.63, 3.8) is 0 Å². The van der Waals surface area contributed by atoms with E-state index in [0.29, 0.717) is 0 Å². The van der Waals surface area contributed by atoms with Crippen LogP contribution in [-0.2, 0) is 0 Å². The Morgan fingerprint density at radius 1 is 1.06 bits per heavy atom. The van der Waals surface area contributed by atoms with Crippen molar-refractivity contribution in [1.29, 1.82) is 0 Å². The van der Waals surface area contributed by atoms with Gasteiger partial charge in [-0.05, 0) is 57.1 Å². The molecule has 0 atom stereocenters. The highest BCUT2D eigenvalue weighted by molar-refractivity contribution is 5.56. The first kappa shape index (κ1) is 13.8. The van der Waals surface area contributed by atoms with Gasteiger partial charge in [-0.1, -0.05) is 12.8 Å². The summed E-state index contributed by atoms with van der Waals surface area (Å²) in [5.41, 5.74) is 8.96. The normalized spacial score (nSPS) is 10.5. The van der Waals surface area contributed by atoms with Crippen molar-refractivity contribution in [3.05, 3.63) is 23.8 Å². The van der Waals surface area contributed by atoms with Crippen LogP contribution >= 0.6 is 0 Å². The van der Waals surface area contributed by atoms with Gasteiger partial charge >= 0.3 is 0 Å². The highest BCUT2D eigenvalue weighted by Crippen LogP contribution is 2.16. The molecule has 1 aromatic rings. The highest BCUT2D eigenvalue weighted by Gasteiger charge is 1.96. The Balaban J connectivity index is 2.11. The molecule has 1 rings (SSSR count). The SMILES string of the molecule is CNCCCCCCNc1ccc(N)c(C)c1. The van der Waals surface area contributed by atoms with Gasteiger partial charge in [0.2, 0.25) is 0 Å². The molecule has 0 heterocycles. The average molecular weight is 235 g/mol. The summed E-state index contributed by atoms with van der Waals surface area (Å²) in [7, 11) is 2.00. The monoisotopic (exact) mass is 235 g/mol. The fraction of sp³-hybridized carbons (Fsp3) is 0.571. The van der Waals surface area contributed by atoms with Gasteiger partial charge in [-0.2, -0.15) is 0 Å². The zero-order chi connectivity index (χ0) is 12.5. The number of benzene rings is 1. The van der Waals surface area contributed by atoms with Gasteiger partial charge in [0.05, 0.1) is 0 Å². The second-order valence-electron chi connectivity index (χ2n) is 4.52. The molecule has 0 unspecified atom stereocenters. The van der Waals surface area contributed by atoms with Crippen LogP contribution in [0, 0.1) is 6.92 Å². The second kappa shape index (κ2) is 7.96. The van der Waals surface area contributed by atoms with E-state index in [4.69, 9.17) is 5.73 Å². The number of anilines is 2. The lowest BCUT2D eigenvalue weighted by Crippen LogP contribution is -2.07. The topological polar surface area (TPSA) is 50.1 Å². The first-order valence-electron chi connectivity index (χ1n) is 6.48. The maximum Gasteiger partial charge on any atom is 0.0345 e. The van der Waals surface area contributed by atoms with Gasteiger partial charge in [-0.3, -0.25) is 0 Å². The zero-order valence-electron chi connectivity index (χ0n) is 11.1. The number of rotatable bonds is 8. The zero-order valence-corrected chi connectivity index (χ0v) is 11.1. The average Bonchev–Trinajstić information content (AvgIpc) is 2.32. The number of nitrogen functional groups attached to an aromatic ring is 1. The molecule has 1 aromatic carbocycles. The fourth-order valence-electron chi connectivity index (χ4n) is 1.80. The van der Waals surface area contributed by atoms with Gasteiger partial charge < -0.3 is 16.4 Å². The lowest BCUT2D eigenvalue weighted by Gasteiger charge is -2.08. The Morgan fingerprint density at radius 3 is 2.41 bits per heavy atom. The number of aryl methyl sites for hydroxylation is 1. The van der Waals surface area contributed by atoms with E-state index < -0.39 is 0 Å². The van der Waals surface area contributed by atoms with Crippen LogP contribution in [0.4, 0.5) is 11.4 Å². The molecule has 17 heavy (non-hydrogen) atoms. The van der Waals surface area contributed by atoms with Crippen molar-refractivity contribution in [2.45, 2.75) is 32.6 Å². The van der Waals surface area contributed by atoms with Crippen molar-refractivity contribution < 1.29 is 0 Å². The minimum Gasteiger partial charge on any atom is -0.399 e. The van der Waals surface area contributed by atoms with E-state index in [1.807, 2.05) is 26.1 Å². The molecule has 0 aliphatic rings. The van der Waals surface area contributed by atoms with E-state index in [-0.39, 0.29) is 0 Å². The Bertz CT molecular complexity index is 323. The predicted molar refractivity (Wildman–Crippen MR) is 76.5 cm³/mol. The van der Waals surface area contributed by atoms with Crippen LogP contribution in [0.15, 0.2) is 18.2 Å². The third-order valence-corrected chi connectivity index (χ3v) is 2.95. The molecule has 0 aromatic heterocycles. The molecule has 0 radical (unpaired) electrons. The van der Waals surface area contributed by atoms with E-state index in [9.17, 15) is 0 Å². The highest BCUT2D eigenvalue weighted by atomic mass is 14.9. The summed E-state index contributed by atoms with van der Waals surface area (Å²) in [5.74, 6) is 0. The fourth-order valence-corrected chi connectivity index (χ4v) is 1.80. The molecule has 0 bridgehead atoms. The van der Waals surface area contributed by atoms with Gasteiger partial charge in [0, 0.05) is 17.9 Å². The lowest BCUT2D eigenvalue weighted by molar-refractivity contribution is 0.626. The van der Waals surface area contributed by atoms with Gasteiger partial charge in [0.25, 0.3) is 0 Å². The van der Waals surface area contributed by atoms with Crippen LogP contribution in [0.3, 0.4) is 0 Å². The van der Waals surface area contributed by atoms with Gasteiger partial charge in [-0.25, -0.2) is 0 Å². The van der Waals surface area contributed by atoms with Gasteiger partial charge in [0.15, 0.2) is 0 Å². The summed E-state index contributed by atoms with van der Waals surface area (Å²) in [6, 6.07) is 6.12. The van der Waals surface area contributed by atoms with Gasteiger partial charge in [0.1, 0.15) is 0 Å². The van der Waals surface area contributed by atoms with Crippen molar-refractivity contribution >= 4 is 11.4 Å². The van der Waals surface area contributed by atoms with Crippen LogP contribution in [-0.4, -0.2) is 20.1 Å². The molecule has 0 spiro atoms. The van der Waals surface area contributed by atoms with Crippen molar-refractivity contribution in [2.75, 3.05) is 31.2 Å². The molecule has 96 valence electrons. The molecule has 4 N–H and O–H groups in total. The molecule has 0 aliphatic carbocycles. The minimum absolute atomic E-state index is 0.864. The summed E-state index contributed by atoms with van der Waals surface area (Å²) >= 11 is 0. The number of nitrogens with two attached hydrogens (primary N) is 1. The maximum atomic E-state index is 5.78. The van der Waals surface area contributed by atoms with E-state index in [2.05, 4.69) is 16.7 Å². The smallest absolute Gasteiger partial charge is 0.0345 e. The number of unbranched alkanes of at least 4 members (excludes halogenated alkanes) is 3. The molecular weight excluding hydrogens is 210 g/mol. The van der Waals surface area contributed by atoms with E-state index in [1.165, 1.54) is 31.4 Å². The standard InChI is InChI=1S/C14H25N3/c1-12-11-13(7-8-14(12)15)17-10-6-4-3-5-9-16-2/h7-8,11,16-17H,3-6,9-10,15H2,1-2H3. The number of hydrogen-bond donors (Lipinski definition) is 3. The van der Waals surface area contributed by atoms with E-state index >= 15 is 0 Å². The quantitative estimate of drug-likeness (QED) is 0.480. The number of nitrogens with one attached hydrogen (secondary N) is 2. The van der Waals surface area contributed by atoms with Gasteiger partial charge in [-0.15, -0.1) is 0 Å². The molecule has 3 heteroatoms. The summed E-state index contributed by atoms with van der Waals surface area (Å²) in [6.45, 7) is 4.21. The Hall–Kier alpha value is -1.22. The molecule has 0 saturated heterocycles. The second-order valence-corrected chi connectivity index (χ2v) is 4.52. The molecular formula is C14H25N3. The van der Waals surface area contributed by atoms with Crippen molar-refractivity contribution in [1.82, 2.24) is 5.32 Å².